The molecule has 0 amide bonds. The van der Waals surface area contributed by atoms with Crippen molar-refractivity contribution in [1.82, 2.24) is 0 Å². The average Bonchev–Trinajstić information content (AvgIpc) is 3.40. The van der Waals surface area contributed by atoms with E-state index in [1.54, 1.807) is 97.1 Å². The summed E-state index contributed by atoms with van der Waals surface area (Å²) in [5.74, 6) is 1.27. The van der Waals surface area contributed by atoms with Gasteiger partial charge in [0.25, 0.3) is 0 Å². The van der Waals surface area contributed by atoms with Gasteiger partial charge in [-0.05, 0) is 123 Å². The van der Waals surface area contributed by atoms with E-state index in [2.05, 4.69) is 13.8 Å². The monoisotopic (exact) mass is 1000 g/mol. The van der Waals surface area contributed by atoms with Crippen molar-refractivity contribution in [2.24, 2.45) is 0 Å². The molecule has 4 rings (SSSR count). The number of rotatable bonds is 42. The minimum absolute atomic E-state index is 0.268. The first-order valence-corrected chi connectivity index (χ1v) is 28.3. The molecule has 0 aliphatic rings. The molecule has 73 heavy (non-hydrogen) atoms. The zero-order chi connectivity index (χ0) is 51.8. The van der Waals surface area contributed by atoms with E-state index in [9.17, 15) is 19.2 Å². The highest BCUT2D eigenvalue weighted by Crippen LogP contribution is 2.24. The topological polar surface area (TPSA) is 124 Å². The molecule has 0 N–H and O–H groups in total. The van der Waals surface area contributed by atoms with Crippen molar-refractivity contribution < 1.29 is 47.6 Å². The predicted molar refractivity (Wildman–Crippen MR) is 292 cm³/mol. The zero-order valence-corrected chi connectivity index (χ0v) is 44.7. The number of esters is 4. The number of carbonyl (C=O) groups excluding carboxylic acids is 4. The fraction of sp³-hybridized carbons (Fsp3) is 0.556. The average molecular weight is 1010 g/mol. The Morgan fingerprint density at radius 3 is 0.795 bits per heavy atom. The predicted octanol–water partition coefficient (Wildman–Crippen LogP) is 17.5. The van der Waals surface area contributed by atoms with Gasteiger partial charge < -0.3 is 28.4 Å². The molecule has 0 atom stereocenters. The molecule has 0 heterocycles. The third-order valence-electron chi connectivity index (χ3n) is 13.0. The molecule has 4 aromatic rings. The summed E-state index contributed by atoms with van der Waals surface area (Å²) in [7, 11) is 0. The van der Waals surface area contributed by atoms with Crippen molar-refractivity contribution in [3.63, 3.8) is 0 Å². The fourth-order valence-electron chi connectivity index (χ4n) is 8.56. The number of ether oxygens (including phenoxy) is 6. The molecule has 400 valence electrons. The van der Waals surface area contributed by atoms with Gasteiger partial charge in [0.2, 0.25) is 0 Å². The molecule has 0 radical (unpaired) electrons. The molecule has 0 saturated heterocycles. The Hall–Kier alpha value is -5.64. The lowest BCUT2D eigenvalue weighted by Crippen LogP contribution is -2.09. The Balaban J connectivity index is 0.965. The van der Waals surface area contributed by atoms with Crippen molar-refractivity contribution in [1.29, 1.82) is 0 Å². The van der Waals surface area contributed by atoms with Gasteiger partial charge in [-0.15, -0.1) is 0 Å². The van der Waals surface area contributed by atoms with E-state index in [1.807, 2.05) is 0 Å². The molecule has 0 spiro atoms. The standard InChI is InChI=1S/C63H88O10/c1-3-5-7-9-11-13-15-17-19-21-26-30-50-68-54-38-34-52(35-39-54)62(66)72-58-46-42-56(43-47-58)70-60(64)32-28-24-23-25-29-33-61(65)71-57-44-48-59(49-45-57)73-63(67)53-36-40-55(41-37-53)69-51-31-27-22-20-18-16-14-12-10-8-6-4-2/h34-49H,3-33,50-51H2,1-2H3. The maximum absolute atomic E-state index is 12.7. The SMILES string of the molecule is CCCCCCCCCCCCCCOc1ccc(C(=O)Oc2ccc(OC(=O)CCCCCCCC(=O)Oc3ccc(OC(=O)c4ccc(OCCCCCCCCCCCCCC)cc4)cc3)cc2)cc1. The fourth-order valence-corrected chi connectivity index (χ4v) is 8.56. The minimum Gasteiger partial charge on any atom is -0.494 e. The molecule has 0 fully saturated rings. The van der Waals surface area contributed by atoms with Crippen molar-refractivity contribution in [2.75, 3.05) is 13.2 Å². The van der Waals surface area contributed by atoms with E-state index >= 15 is 0 Å². The Kier molecular flexibility index (Phi) is 31.9. The third-order valence-corrected chi connectivity index (χ3v) is 13.0. The van der Waals surface area contributed by atoms with Gasteiger partial charge in [0.1, 0.15) is 34.5 Å². The number of unbranched alkanes of at least 4 members (excludes halogenated alkanes) is 26. The van der Waals surface area contributed by atoms with E-state index in [-0.39, 0.29) is 24.8 Å². The van der Waals surface area contributed by atoms with Crippen LogP contribution in [0.5, 0.6) is 34.5 Å². The maximum Gasteiger partial charge on any atom is 0.343 e. The van der Waals surface area contributed by atoms with Crippen LogP contribution in [0.3, 0.4) is 0 Å². The highest BCUT2D eigenvalue weighted by Gasteiger charge is 2.13. The summed E-state index contributed by atoms with van der Waals surface area (Å²) in [6, 6.07) is 26.8. The molecular weight excluding hydrogens is 917 g/mol. The van der Waals surface area contributed by atoms with Crippen LogP contribution in [-0.2, 0) is 9.59 Å². The molecule has 0 aliphatic heterocycles. The van der Waals surface area contributed by atoms with Gasteiger partial charge in [0.15, 0.2) is 0 Å². The van der Waals surface area contributed by atoms with E-state index < -0.39 is 11.9 Å². The first-order chi connectivity index (χ1) is 35.8. The summed E-state index contributed by atoms with van der Waals surface area (Å²) >= 11 is 0. The molecular formula is C63H88O10. The van der Waals surface area contributed by atoms with E-state index in [0.717, 1.165) is 43.6 Å². The second-order valence-corrected chi connectivity index (χ2v) is 19.5. The van der Waals surface area contributed by atoms with Crippen molar-refractivity contribution in [3.8, 4) is 34.5 Å². The normalized spacial score (nSPS) is 11.0. The quantitative estimate of drug-likeness (QED) is 0.0241. The van der Waals surface area contributed by atoms with Gasteiger partial charge in [-0.2, -0.15) is 0 Å². The van der Waals surface area contributed by atoms with Crippen molar-refractivity contribution >= 4 is 23.9 Å². The Labute approximate surface area is 438 Å². The zero-order valence-electron chi connectivity index (χ0n) is 44.7. The van der Waals surface area contributed by atoms with Crippen LogP contribution in [0.25, 0.3) is 0 Å². The van der Waals surface area contributed by atoms with Gasteiger partial charge in [0.05, 0.1) is 24.3 Å². The molecule has 4 aromatic carbocycles. The number of benzene rings is 4. The first kappa shape index (κ1) is 59.9. The summed E-state index contributed by atoms with van der Waals surface area (Å²) in [6.07, 6.45) is 35.6. The van der Waals surface area contributed by atoms with Crippen LogP contribution in [0.15, 0.2) is 97.1 Å². The molecule has 0 aliphatic carbocycles. The van der Waals surface area contributed by atoms with Gasteiger partial charge in [0, 0.05) is 12.8 Å². The Morgan fingerprint density at radius 1 is 0.274 bits per heavy atom. The summed E-state index contributed by atoms with van der Waals surface area (Å²) < 4.78 is 33.8. The summed E-state index contributed by atoms with van der Waals surface area (Å²) in [4.78, 5) is 50.4. The number of hydrogen-bond donors (Lipinski definition) is 0. The first-order valence-electron chi connectivity index (χ1n) is 28.3. The second kappa shape index (κ2) is 38.9. The summed E-state index contributed by atoms with van der Waals surface area (Å²) in [5, 5.41) is 0. The molecule has 0 unspecified atom stereocenters. The summed E-state index contributed by atoms with van der Waals surface area (Å²) in [6.45, 7) is 5.84. The molecule has 10 heteroatoms. The molecule has 0 bridgehead atoms. The van der Waals surface area contributed by atoms with E-state index in [0.29, 0.717) is 60.2 Å². The van der Waals surface area contributed by atoms with E-state index in [4.69, 9.17) is 28.4 Å². The largest absolute Gasteiger partial charge is 0.494 e. The molecule has 10 nitrogen and oxygen atoms in total. The lowest BCUT2D eigenvalue weighted by atomic mass is 10.1. The van der Waals surface area contributed by atoms with E-state index in [1.165, 1.54) is 141 Å². The summed E-state index contributed by atoms with van der Waals surface area (Å²) in [5.41, 5.74) is 0.834. The number of hydrogen-bond acceptors (Lipinski definition) is 10. The number of carbonyl (C=O) groups is 4. The van der Waals surface area contributed by atoms with Crippen LogP contribution in [-0.4, -0.2) is 37.1 Å². The lowest BCUT2D eigenvalue weighted by molar-refractivity contribution is -0.135. The van der Waals surface area contributed by atoms with Crippen molar-refractivity contribution in [3.05, 3.63) is 108 Å². The van der Waals surface area contributed by atoms with Gasteiger partial charge in [-0.3, -0.25) is 9.59 Å². The second-order valence-electron chi connectivity index (χ2n) is 19.5. The lowest BCUT2D eigenvalue weighted by Gasteiger charge is -2.09. The van der Waals surface area contributed by atoms with Crippen LogP contribution < -0.4 is 28.4 Å². The smallest absolute Gasteiger partial charge is 0.343 e. The van der Waals surface area contributed by atoms with Crippen LogP contribution in [0, 0.1) is 0 Å². The highest BCUT2D eigenvalue weighted by molar-refractivity contribution is 5.91. The van der Waals surface area contributed by atoms with Crippen LogP contribution in [0.1, 0.15) is 234 Å². The van der Waals surface area contributed by atoms with Crippen LogP contribution >= 0.6 is 0 Å². The van der Waals surface area contributed by atoms with Gasteiger partial charge >= 0.3 is 23.9 Å². The highest BCUT2D eigenvalue weighted by atomic mass is 16.5. The Morgan fingerprint density at radius 2 is 0.507 bits per heavy atom. The maximum atomic E-state index is 12.7. The third kappa shape index (κ3) is 28.4. The van der Waals surface area contributed by atoms with Crippen LogP contribution in [0.2, 0.25) is 0 Å². The minimum atomic E-state index is -0.482. The Bertz CT molecular complexity index is 1910. The van der Waals surface area contributed by atoms with Gasteiger partial charge in [-0.1, -0.05) is 174 Å². The molecule has 0 aromatic heterocycles. The van der Waals surface area contributed by atoms with Crippen LogP contribution in [0.4, 0.5) is 0 Å². The van der Waals surface area contributed by atoms with Gasteiger partial charge in [-0.25, -0.2) is 9.59 Å². The van der Waals surface area contributed by atoms with Crippen molar-refractivity contribution in [2.45, 2.75) is 213 Å². The molecule has 0 saturated carbocycles.